The number of ether oxygens (including phenoxy) is 2. The van der Waals surface area contributed by atoms with Crippen molar-refractivity contribution in [1.29, 1.82) is 0 Å². The number of esters is 1. The number of hydrogen-bond acceptors (Lipinski definition) is 10. The number of pyridine rings is 1. The third-order valence-corrected chi connectivity index (χ3v) is 8.95. The highest BCUT2D eigenvalue weighted by Crippen LogP contribution is 2.38. The number of carbonyl (C=O) groups is 1. The van der Waals surface area contributed by atoms with E-state index in [1.54, 1.807) is 30.5 Å². The summed E-state index contributed by atoms with van der Waals surface area (Å²) < 4.78 is 34.6. The Morgan fingerprint density at radius 2 is 1.96 bits per heavy atom. The molecule has 14 heteroatoms. The van der Waals surface area contributed by atoms with Crippen LogP contribution in [0.4, 0.5) is 10.1 Å². The minimum atomic E-state index is -1.26. The Bertz CT molecular complexity index is 1690. The second-order valence-electron chi connectivity index (χ2n) is 12.1. The van der Waals surface area contributed by atoms with E-state index in [4.69, 9.17) is 14.1 Å². The fourth-order valence-electron chi connectivity index (χ4n) is 6.32. The smallest absolute Gasteiger partial charge is 0.475 e. The van der Waals surface area contributed by atoms with Gasteiger partial charge in [-0.3, -0.25) is 19.8 Å². The van der Waals surface area contributed by atoms with Crippen molar-refractivity contribution in [3.63, 3.8) is 0 Å². The van der Waals surface area contributed by atoms with Crippen molar-refractivity contribution in [2.75, 3.05) is 44.2 Å². The summed E-state index contributed by atoms with van der Waals surface area (Å²) in [5.41, 5.74) is 1.46. The van der Waals surface area contributed by atoms with Crippen LogP contribution >= 0.6 is 0 Å². The van der Waals surface area contributed by atoms with Gasteiger partial charge in [0.25, 0.3) is 0 Å². The first-order valence-corrected chi connectivity index (χ1v) is 16.0. The highest BCUT2D eigenvalue weighted by atomic mass is 19.1. The molecular formula is C32H38BFN4O8. The normalized spacial score (nSPS) is 18.9. The number of unbranched alkanes of at least 4 members (excludes halogenated alkanes) is 1. The Morgan fingerprint density at radius 3 is 2.63 bits per heavy atom. The lowest BCUT2D eigenvalue weighted by Gasteiger charge is -2.40. The predicted molar refractivity (Wildman–Crippen MR) is 170 cm³/mol. The minimum absolute atomic E-state index is 0.0661. The topological polar surface area (TPSA) is 137 Å². The second-order valence-corrected chi connectivity index (χ2v) is 12.1. The lowest BCUT2D eigenvalue weighted by Crippen LogP contribution is -2.52. The van der Waals surface area contributed by atoms with E-state index in [9.17, 15) is 24.7 Å². The molecule has 3 heterocycles. The van der Waals surface area contributed by atoms with E-state index in [0.29, 0.717) is 67.0 Å². The summed E-state index contributed by atoms with van der Waals surface area (Å²) in [5, 5.41) is 21.5. The van der Waals surface area contributed by atoms with Gasteiger partial charge in [0, 0.05) is 48.7 Å². The molecule has 0 bridgehead atoms. The van der Waals surface area contributed by atoms with E-state index < -0.39 is 41.9 Å². The summed E-state index contributed by atoms with van der Waals surface area (Å²) >= 11 is 0. The zero-order chi connectivity index (χ0) is 32.5. The zero-order valence-corrected chi connectivity index (χ0v) is 26.0. The Balaban J connectivity index is 1.17. The van der Waals surface area contributed by atoms with Gasteiger partial charge >= 0.3 is 13.1 Å². The van der Waals surface area contributed by atoms with Crippen LogP contribution in [-0.4, -0.2) is 78.1 Å². The van der Waals surface area contributed by atoms with Crippen molar-refractivity contribution >= 4 is 35.1 Å². The molecule has 244 valence electrons. The summed E-state index contributed by atoms with van der Waals surface area (Å²) in [7, 11) is -1.26. The molecule has 3 aromatic rings. The van der Waals surface area contributed by atoms with Crippen LogP contribution in [0, 0.1) is 15.9 Å². The molecule has 0 amide bonds. The number of hydrogen-bond donors (Lipinski definition) is 1. The average Bonchev–Trinajstić information content (AvgIpc) is 3.84. The molecule has 1 N–H and O–H groups in total. The molecule has 2 fully saturated rings. The van der Waals surface area contributed by atoms with Crippen LogP contribution in [0.5, 0.6) is 5.75 Å². The van der Waals surface area contributed by atoms with E-state index in [0.717, 1.165) is 19.3 Å². The second kappa shape index (κ2) is 13.4. The van der Waals surface area contributed by atoms with Crippen LogP contribution in [0.2, 0.25) is 0 Å². The van der Waals surface area contributed by atoms with Gasteiger partial charge in [-0.15, -0.1) is 0 Å². The third kappa shape index (κ3) is 6.46. The Labute approximate surface area is 265 Å². The number of piperazine rings is 1. The lowest BCUT2D eigenvalue weighted by atomic mass is 9.79. The van der Waals surface area contributed by atoms with Crippen LogP contribution in [0.25, 0.3) is 10.9 Å². The molecule has 2 aliphatic heterocycles. The van der Waals surface area contributed by atoms with E-state index in [2.05, 4.69) is 4.90 Å². The van der Waals surface area contributed by atoms with Crippen LogP contribution in [0.3, 0.4) is 0 Å². The Kier molecular flexibility index (Phi) is 9.30. The molecular weight excluding hydrogens is 598 g/mol. The predicted octanol–water partition coefficient (Wildman–Crippen LogP) is 3.41. The van der Waals surface area contributed by atoms with Crippen molar-refractivity contribution in [1.82, 2.24) is 9.47 Å². The van der Waals surface area contributed by atoms with Crippen molar-refractivity contribution < 1.29 is 33.3 Å². The highest BCUT2D eigenvalue weighted by molar-refractivity contribution is 6.61. The fourth-order valence-corrected chi connectivity index (χ4v) is 6.32. The molecule has 1 saturated carbocycles. The maximum absolute atomic E-state index is 15.6. The van der Waals surface area contributed by atoms with Crippen molar-refractivity contribution in [3.8, 4) is 5.75 Å². The average molecular weight is 636 g/mol. The van der Waals surface area contributed by atoms with Gasteiger partial charge in [-0.1, -0.05) is 26.3 Å². The summed E-state index contributed by atoms with van der Waals surface area (Å²) in [6.07, 6.45) is 4.54. The van der Waals surface area contributed by atoms with Gasteiger partial charge in [-0.2, -0.15) is 0 Å². The highest BCUT2D eigenvalue weighted by Gasteiger charge is 2.38. The minimum Gasteiger partial charge on any atom is -0.475 e. The quantitative estimate of drug-likeness (QED) is 0.104. The first kappa shape index (κ1) is 32.0. The van der Waals surface area contributed by atoms with Crippen molar-refractivity contribution in [2.45, 2.75) is 64.3 Å². The van der Waals surface area contributed by atoms with E-state index in [-0.39, 0.29) is 29.8 Å². The SMILES string of the molecule is CCCCOC(=O)c1cn(C2CC2)c2cc(N3CCN(C(CC)Oc4ccc5c(c4)B(O)OC5C[N+](=O)[O-])CC3)c(F)cc2c1=O. The number of carbonyl (C=O) groups excluding carboxylic acids is 1. The number of nitrogens with zero attached hydrogens (tertiary/aromatic N) is 4. The lowest BCUT2D eigenvalue weighted by molar-refractivity contribution is -0.490. The van der Waals surface area contributed by atoms with Crippen LogP contribution in [-0.2, 0) is 9.39 Å². The first-order valence-electron chi connectivity index (χ1n) is 16.0. The fraction of sp³-hybridized carbons (Fsp3) is 0.500. The number of aromatic nitrogens is 1. The molecule has 2 unspecified atom stereocenters. The molecule has 46 heavy (non-hydrogen) atoms. The largest absolute Gasteiger partial charge is 0.492 e. The summed E-state index contributed by atoms with van der Waals surface area (Å²) in [6.45, 7) is 6.02. The van der Waals surface area contributed by atoms with Crippen molar-refractivity contribution in [3.05, 3.63) is 73.8 Å². The molecule has 2 aromatic carbocycles. The van der Waals surface area contributed by atoms with Crippen LogP contribution < -0.4 is 20.5 Å². The summed E-state index contributed by atoms with van der Waals surface area (Å²) in [4.78, 5) is 40.7. The molecule has 0 radical (unpaired) electrons. The van der Waals surface area contributed by atoms with Gasteiger partial charge in [0.2, 0.25) is 12.0 Å². The third-order valence-electron chi connectivity index (χ3n) is 8.95. The molecule has 2 atom stereocenters. The molecule has 12 nitrogen and oxygen atoms in total. The molecule has 3 aliphatic rings. The Hall–Kier alpha value is -4.01. The van der Waals surface area contributed by atoms with Gasteiger partial charge in [0.05, 0.1) is 17.8 Å². The first-order chi connectivity index (χ1) is 22.2. The molecule has 1 saturated heterocycles. The molecule has 1 aliphatic carbocycles. The number of benzene rings is 2. The van der Waals surface area contributed by atoms with Crippen LogP contribution in [0.15, 0.2) is 41.3 Å². The molecule has 0 spiro atoms. The van der Waals surface area contributed by atoms with Crippen LogP contribution in [0.1, 0.15) is 74.0 Å². The van der Waals surface area contributed by atoms with E-state index in [1.807, 2.05) is 23.3 Å². The number of anilines is 1. The van der Waals surface area contributed by atoms with Gasteiger partial charge in [0.15, 0.2) is 6.23 Å². The molecule has 6 rings (SSSR count). The number of nitro groups is 1. The van der Waals surface area contributed by atoms with Crippen molar-refractivity contribution in [2.24, 2.45) is 0 Å². The number of rotatable bonds is 12. The van der Waals surface area contributed by atoms with Gasteiger partial charge in [-0.05, 0) is 61.0 Å². The van der Waals surface area contributed by atoms with Gasteiger partial charge in [-0.25, -0.2) is 9.18 Å². The summed E-state index contributed by atoms with van der Waals surface area (Å²) in [6, 6.07) is 8.21. The maximum Gasteiger partial charge on any atom is 0.492 e. The number of fused-ring (bicyclic) bond motifs is 2. The summed E-state index contributed by atoms with van der Waals surface area (Å²) in [5.74, 6) is -0.675. The maximum atomic E-state index is 15.6. The Morgan fingerprint density at radius 1 is 1.20 bits per heavy atom. The number of halogens is 1. The van der Waals surface area contributed by atoms with E-state index >= 15 is 4.39 Å². The van der Waals surface area contributed by atoms with Gasteiger partial charge < -0.3 is 28.6 Å². The van der Waals surface area contributed by atoms with Gasteiger partial charge in [0.1, 0.15) is 23.2 Å². The van der Waals surface area contributed by atoms with E-state index in [1.165, 1.54) is 6.07 Å². The monoisotopic (exact) mass is 636 g/mol. The zero-order valence-electron chi connectivity index (χ0n) is 26.0. The standard InChI is InChI=1S/C32H38BFN4O8/c1-3-5-14-44-32(40)24-18-37(20-6-7-20)27-17-28(26(34)16-23(27)31(24)39)35-10-12-36(13-11-35)30(4-2)45-21-8-9-22-25(15-21)33(41)46-29(22)19-38(42)43/h8-9,15-18,20,29-30,41H,3-7,10-14,19H2,1-2H3. The molecule has 1 aromatic heterocycles.